The molecule has 0 amide bonds. The number of aromatic nitrogens is 1. The number of nitrogens with zero attached hydrogens (tertiary/aromatic N) is 2. The summed E-state index contributed by atoms with van der Waals surface area (Å²) < 4.78 is 10.6. The van der Waals surface area contributed by atoms with Crippen molar-refractivity contribution in [3.8, 4) is 5.75 Å². The third kappa shape index (κ3) is 6.91. The zero-order chi connectivity index (χ0) is 21.2. The lowest BCUT2D eigenvalue weighted by Gasteiger charge is -2.14. The molecule has 30 heavy (non-hydrogen) atoms. The molecule has 0 fully saturated rings. The first-order chi connectivity index (χ1) is 14.6. The number of benzene rings is 1. The molecule has 0 bridgehead atoms. The Bertz CT molecular complexity index is 904. The van der Waals surface area contributed by atoms with Gasteiger partial charge in [-0.15, -0.1) is 11.3 Å². The molecule has 0 saturated heterocycles. The second-order valence-electron chi connectivity index (χ2n) is 7.18. The second kappa shape index (κ2) is 11.4. The molecule has 6 nitrogen and oxygen atoms in total. The summed E-state index contributed by atoms with van der Waals surface area (Å²) in [5, 5.41) is 7.99. The summed E-state index contributed by atoms with van der Waals surface area (Å²) in [5.74, 6) is 2.94. The van der Waals surface area contributed by atoms with Crippen molar-refractivity contribution >= 4 is 17.3 Å². The summed E-state index contributed by atoms with van der Waals surface area (Å²) in [5.41, 5.74) is 1.25. The van der Waals surface area contributed by atoms with Crippen LogP contribution in [0.2, 0.25) is 0 Å². The SMILES string of the molecule is COc1ccc(CCNC(=NCC(C)c2ncc(C)s2)NCCc2ccco2)cc1. The molecule has 0 saturated carbocycles. The number of furan rings is 1. The van der Waals surface area contributed by atoms with Gasteiger partial charge in [-0.3, -0.25) is 4.99 Å². The van der Waals surface area contributed by atoms with Gasteiger partial charge in [0.05, 0.1) is 24.9 Å². The lowest BCUT2D eigenvalue weighted by Crippen LogP contribution is -2.39. The van der Waals surface area contributed by atoms with Gasteiger partial charge in [0.1, 0.15) is 11.5 Å². The number of ether oxygens (including phenoxy) is 1. The normalized spacial score (nSPS) is 12.6. The van der Waals surface area contributed by atoms with Crippen LogP contribution in [0, 0.1) is 6.92 Å². The zero-order valence-corrected chi connectivity index (χ0v) is 18.7. The molecular weight excluding hydrogens is 396 g/mol. The number of thiazole rings is 1. The van der Waals surface area contributed by atoms with Gasteiger partial charge in [0.15, 0.2) is 5.96 Å². The number of nitrogens with one attached hydrogen (secondary N) is 2. The van der Waals surface area contributed by atoms with E-state index in [1.807, 2.05) is 30.5 Å². The quantitative estimate of drug-likeness (QED) is 0.376. The molecule has 0 aliphatic heterocycles. The van der Waals surface area contributed by atoms with Crippen molar-refractivity contribution in [2.45, 2.75) is 32.6 Å². The standard InChI is InChI=1S/C23H30N4O2S/c1-17(22-26-16-18(2)30-22)15-27-23(25-13-11-21-5-4-14-29-21)24-12-10-19-6-8-20(28-3)9-7-19/h4-9,14,16-17H,10-13,15H2,1-3H3,(H2,24,25,27). The summed E-state index contributed by atoms with van der Waals surface area (Å²) in [6.45, 7) is 6.49. The maximum absolute atomic E-state index is 5.41. The fraction of sp³-hybridized carbons (Fsp3) is 0.391. The highest BCUT2D eigenvalue weighted by Gasteiger charge is 2.10. The molecule has 0 radical (unpaired) electrons. The fourth-order valence-electron chi connectivity index (χ4n) is 2.96. The molecule has 3 rings (SSSR count). The average Bonchev–Trinajstić information content (AvgIpc) is 3.43. The van der Waals surface area contributed by atoms with Gasteiger partial charge in [0, 0.05) is 36.5 Å². The van der Waals surface area contributed by atoms with Crippen LogP contribution in [0.5, 0.6) is 5.75 Å². The van der Waals surface area contributed by atoms with E-state index in [9.17, 15) is 0 Å². The van der Waals surface area contributed by atoms with Crippen molar-refractivity contribution in [1.82, 2.24) is 15.6 Å². The van der Waals surface area contributed by atoms with E-state index in [1.165, 1.54) is 10.4 Å². The highest BCUT2D eigenvalue weighted by atomic mass is 32.1. The Balaban J connectivity index is 1.54. The lowest BCUT2D eigenvalue weighted by atomic mass is 10.1. The monoisotopic (exact) mass is 426 g/mol. The number of rotatable bonds is 10. The smallest absolute Gasteiger partial charge is 0.191 e. The van der Waals surface area contributed by atoms with Crippen LogP contribution in [-0.2, 0) is 12.8 Å². The van der Waals surface area contributed by atoms with Crippen LogP contribution in [0.25, 0.3) is 0 Å². The first-order valence-electron chi connectivity index (χ1n) is 10.2. The van der Waals surface area contributed by atoms with Crippen molar-refractivity contribution in [1.29, 1.82) is 0 Å². The van der Waals surface area contributed by atoms with Gasteiger partial charge in [-0.05, 0) is 43.2 Å². The minimum absolute atomic E-state index is 0.286. The van der Waals surface area contributed by atoms with Crippen molar-refractivity contribution < 1.29 is 9.15 Å². The van der Waals surface area contributed by atoms with E-state index in [2.05, 4.69) is 41.6 Å². The van der Waals surface area contributed by atoms with Crippen molar-refractivity contribution in [3.05, 3.63) is 70.1 Å². The minimum atomic E-state index is 0.286. The molecule has 1 unspecified atom stereocenters. The molecule has 1 aromatic carbocycles. The van der Waals surface area contributed by atoms with Crippen LogP contribution in [0.3, 0.4) is 0 Å². The summed E-state index contributed by atoms with van der Waals surface area (Å²) in [6, 6.07) is 12.1. The van der Waals surface area contributed by atoms with Gasteiger partial charge in [0.25, 0.3) is 0 Å². The zero-order valence-electron chi connectivity index (χ0n) is 17.9. The number of hydrogen-bond donors (Lipinski definition) is 2. The van der Waals surface area contributed by atoms with Gasteiger partial charge >= 0.3 is 0 Å². The Morgan fingerprint density at radius 3 is 2.57 bits per heavy atom. The predicted octanol–water partition coefficient (Wildman–Crippen LogP) is 4.18. The first-order valence-corrected chi connectivity index (χ1v) is 11.1. The van der Waals surface area contributed by atoms with Crippen LogP contribution in [0.4, 0.5) is 0 Å². The van der Waals surface area contributed by atoms with Gasteiger partial charge in [0.2, 0.25) is 0 Å². The van der Waals surface area contributed by atoms with E-state index in [0.717, 1.165) is 48.4 Å². The van der Waals surface area contributed by atoms with E-state index in [1.54, 1.807) is 24.7 Å². The van der Waals surface area contributed by atoms with Gasteiger partial charge in [-0.25, -0.2) is 4.98 Å². The predicted molar refractivity (Wildman–Crippen MR) is 123 cm³/mol. The molecule has 2 aromatic heterocycles. The number of methoxy groups -OCH3 is 1. The van der Waals surface area contributed by atoms with Crippen LogP contribution >= 0.6 is 11.3 Å². The Morgan fingerprint density at radius 1 is 1.17 bits per heavy atom. The van der Waals surface area contributed by atoms with E-state index in [-0.39, 0.29) is 5.92 Å². The number of guanidine groups is 1. The van der Waals surface area contributed by atoms with E-state index in [0.29, 0.717) is 6.54 Å². The van der Waals surface area contributed by atoms with E-state index < -0.39 is 0 Å². The Kier molecular flexibility index (Phi) is 8.32. The molecule has 1 atom stereocenters. The van der Waals surface area contributed by atoms with Gasteiger partial charge in [-0.2, -0.15) is 0 Å². The Morgan fingerprint density at radius 2 is 1.93 bits per heavy atom. The molecule has 2 heterocycles. The Labute approximate surface area is 182 Å². The average molecular weight is 427 g/mol. The number of aliphatic imine (C=N–C) groups is 1. The highest BCUT2D eigenvalue weighted by molar-refractivity contribution is 7.11. The number of hydrogen-bond acceptors (Lipinski definition) is 5. The van der Waals surface area contributed by atoms with Gasteiger partial charge in [-0.1, -0.05) is 19.1 Å². The molecule has 2 N–H and O–H groups in total. The summed E-state index contributed by atoms with van der Waals surface area (Å²) in [6.07, 6.45) is 5.35. The van der Waals surface area contributed by atoms with E-state index >= 15 is 0 Å². The molecule has 3 aromatic rings. The van der Waals surface area contributed by atoms with Crippen LogP contribution < -0.4 is 15.4 Å². The molecular formula is C23H30N4O2S. The molecule has 0 aliphatic rings. The molecule has 0 aliphatic carbocycles. The summed E-state index contributed by atoms with van der Waals surface area (Å²) in [7, 11) is 1.68. The number of aryl methyl sites for hydroxylation is 1. The van der Waals surface area contributed by atoms with Crippen molar-refractivity contribution in [2.24, 2.45) is 4.99 Å². The molecule has 7 heteroatoms. The minimum Gasteiger partial charge on any atom is -0.497 e. The maximum Gasteiger partial charge on any atom is 0.191 e. The largest absolute Gasteiger partial charge is 0.497 e. The second-order valence-corrected chi connectivity index (χ2v) is 8.45. The van der Waals surface area contributed by atoms with Crippen LogP contribution in [0.1, 0.15) is 34.1 Å². The van der Waals surface area contributed by atoms with Crippen LogP contribution in [-0.4, -0.2) is 37.7 Å². The highest BCUT2D eigenvalue weighted by Crippen LogP contribution is 2.21. The molecule has 160 valence electrons. The Hall–Kier alpha value is -2.80. The first kappa shape index (κ1) is 21.9. The third-order valence-electron chi connectivity index (χ3n) is 4.69. The summed E-state index contributed by atoms with van der Waals surface area (Å²) in [4.78, 5) is 10.5. The van der Waals surface area contributed by atoms with Crippen molar-refractivity contribution in [2.75, 3.05) is 26.7 Å². The maximum atomic E-state index is 5.41. The topological polar surface area (TPSA) is 71.7 Å². The van der Waals surface area contributed by atoms with Gasteiger partial charge < -0.3 is 19.8 Å². The van der Waals surface area contributed by atoms with E-state index in [4.69, 9.17) is 14.1 Å². The summed E-state index contributed by atoms with van der Waals surface area (Å²) >= 11 is 1.74. The van der Waals surface area contributed by atoms with Crippen LogP contribution in [0.15, 0.2) is 58.3 Å². The molecule has 0 spiro atoms. The lowest BCUT2D eigenvalue weighted by molar-refractivity contribution is 0.414. The van der Waals surface area contributed by atoms with Crippen molar-refractivity contribution in [3.63, 3.8) is 0 Å². The third-order valence-corrected chi connectivity index (χ3v) is 5.84. The fourth-order valence-corrected chi connectivity index (χ4v) is 3.77.